The standard InChI is InChI=1S/C15H27NO2/c1-2-18-14-9-13(15(14)5-3-4-6-15)16-10-11-7-12(17)8-11/h11-14,16-17H,2-10H2,1H3. The molecule has 104 valence electrons. The highest BCUT2D eigenvalue weighted by Gasteiger charge is 2.56. The Morgan fingerprint density at radius 3 is 2.56 bits per heavy atom. The Kier molecular flexibility index (Phi) is 3.65. The molecule has 0 radical (unpaired) electrons. The molecule has 3 saturated carbocycles. The van der Waals surface area contributed by atoms with Crippen molar-refractivity contribution in [2.24, 2.45) is 11.3 Å². The van der Waals surface area contributed by atoms with Crippen LogP contribution in [-0.2, 0) is 4.74 Å². The maximum absolute atomic E-state index is 9.32. The van der Waals surface area contributed by atoms with Gasteiger partial charge < -0.3 is 15.2 Å². The molecule has 3 nitrogen and oxygen atoms in total. The molecule has 3 aliphatic rings. The van der Waals surface area contributed by atoms with E-state index in [0.717, 1.165) is 26.0 Å². The van der Waals surface area contributed by atoms with Gasteiger partial charge in [0.05, 0.1) is 12.2 Å². The number of nitrogens with one attached hydrogen (secondary N) is 1. The molecule has 0 aliphatic heterocycles. The highest BCUT2D eigenvalue weighted by atomic mass is 16.5. The Balaban J connectivity index is 1.50. The lowest BCUT2D eigenvalue weighted by Crippen LogP contribution is -2.63. The predicted octanol–water partition coefficient (Wildman–Crippen LogP) is 2.08. The highest BCUT2D eigenvalue weighted by molar-refractivity contribution is 5.10. The van der Waals surface area contributed by atoms with Gasteiger partial charge in [0, 0.05) is 18.1 Å². The summed E-state index contributed by atoms with van der Waals surface area (Å²) < 4.78 is 5.93. The first kappa shape index (κ1) is 12.9. The average Bonchev–Trinajstić information content (AvgIpc) is 2.82. The molecule has 0 heterocycles. The van der Waals surface area contributed by atoms with Gasteiger partial charge in [-0.25, -0.2) is 0 Å². The Morgan fingerprint density at radius 1 is 1.22 bits per heavy atom. The molecule has 2 atom stereocenters. The van der Waals surface area contributed by atoms with E-state index in [0.29, 0.717) is 23.5 Å². The highest BCUT2D eigenvalue weighted by Crippen LogP contribution is 2.54. The number of hydrogen-bond acceptors (Lipinski definition) is 3. The van der Waals surface area contributed by atoms with Gasteiger partial charge in [0.25, 0.3) is 0 Å². The van der Waals surface area contributed by atoms with Crippen LogP contribution in [-0.4, -0.2) is 36.5 Å². The summed E-state index contributed by atoms with van der Waals surface area (Å²) in [6.45, 7) is 4.06. The van der Waals surface area contributed by atoms with Crippen molar-refractivity contribution < 1.29 is 9.84 Å². The smallest absolute Gasteiger partial charge is 0.0661 e. The molecule has 0 aromatic rings. The van der Waals surface area contributed by atoms with E-state index >= 15 is 0 Å². The quantitative estimate of drug-likeness (QED) is 0.788. The lowest BCUT2D eigenvalue weighted by atomic mass is 9.60. The molecule has 0 saturated heterocycles. The van der Waals surface area contributed by atoms with E-state index < -0.39 is 0 Å². The van der Waals surface area contributed by atoms with Crippen molar-refractivity contribution in [1.82, 2.24) is 5.32 Å². The zero-order valence-corrected chi connectivity index (χ0v) is 11.5. The van der Waals surface area contributed by atoms with Crippen LogP contribution in [0.2, 0.25) is 0 Å². The minimum Gasteiger partial charge on any atom is -0.393 e. The van der Waals surface area contributed by atoms with E-state index in [2.05, 4.69) is 12.2 Å². The molecular weight excluding hydrogens is 226 g/mol. The van der Waals surface area contributed by atoms with E-state index in [9.17, 15) is 5.11 Å². The van der Waals surface area contributed by atoms with Crippen LogP contribution in [0, 0.1) is 11.3 Å². The summed E-state index contributed by atoms with van der Waals surface area (Å²) in [6.07, 6.45) is 9.15. The topological polar surface area (TPSA) is 41.5 Å². The molecule has 3 fully saturated rings. The van der Waals surface area contributed by atoms with Crippen LogP contribution < -0.4 is 5.32 Å². The molecule has 2 N–H and O–H groups in total. The second-order valence-electron chi connectivity index (χ2n) is 6.57. The zero-order valence-electron chi connectivity index (χ0n) is 11.5. The Morgan fingerprint density at radius 2 is 1.94 bits per heavy atom. The molecule has 0 bridgehead atoms. The van der Waals surface area contributed by atoms with Gasteiger partial charge in [0.2, 0.25) is 0 Å². The van der Waals surface area contributed by atoms with Gasteiger partial charge in [0.15, 0.2) is 0 Å². The van der Waals surface area contributed by atoms with E-state index in [1.165, 1.54) is 32.1 Å². The summed E-state index contributed by atoms with van der Waals surface area (Å²) in [5, 5.41) is 13.1. The third kappa shape index (κ3) is 2.10. The monoisotopic (exact) mass is 253 g/mol. The summed E-state index contributed by atoms with van der Waals surface area (Å²) in [7, 11) is 0. The zero-order chi connectivity index (χ0) is 12.6. The van der Waals surface area contributed by atoms with Crippen molar-refractivity contribution in [3.05, 3.63) is 0 Å². The van der Waals surface area contributed by atoms with Crippen molar-refractivity contribution >= 4 is 0 Å². The van der Waals surface area contributed by atoms with Crippen LogP contribution in [0.3, 0.4) is 0 Å². The van der Waals surface area contributed by atoms with E-state index in [1.54, 1.807) is 0 Å². The van der Waals surface area contributed by atoms with Crippen LogP contribution in [0.5, 0.6) is 0 Å². The average molecular weight is 253 g/mol. The molecule has 0 aromatic heterocycles. The van der Waals surface area contributed by atoms with Crippen LogP contribution in [0.25, 0.3) is 0 Å². The fourth-order valence-corrected chi connectivity index (χ4v) is 4.35. The number of ether oxygens (including phenoxy) is 1. The van der Waals surface area contributed by atoms with Gasteiger partial charge in [-0.2, -0.15) is 0 Å². The summed E-state index contributed by atoms with van der Waals surface area (Å²) in [4.78, 5) is 0. The van der Waals surface area contributed by atoms with Crippen LogP contribution in [0.1, 0.15) is 51.9 Å². The molecule has 3 aliphatic carbocycles. The Bertz CT molecular complexity index is 282. The Labute approximate surface area is 110 Å². The SMILES string of the molecule is CCOC1CC(NCC2CC(O)C2)C12CCCC2. The van der Waals surface area contributed by atoms with Gasteiger partial charge in [-0.3, -0.25) is 0 Å². The van der Waals surface area contributed by atoms with Crippen molar-refractivity contribution in [1.29, 1.82) is 0 Å². The van der Waals surface area contributed by atoms with Gasteiger partial charge in [-0.05, 0) is 51.5 Å². The van der Waals surface area contributed by atoms with Crippen molar-refractivity contribution in [2.45, 2.75) is 70.1 Å². The molecule has 18 heavy (non-hydrogen) atoms. The summed E-state index contributed by atoms with van der Waals surface area (Å²) >= 11 is 0. The van der Waals surface area contributed by atoms with Crippen molar-refractivity contribution in [3.8, 4) is 0 Å². The van der Waals surface area contributed by atoms with Gasteiger partial charge in [-0.1, -0.05) is 12.8 Å². The number of rotatable bonds is 5. The first-order chi connectivity index (χ1) is 8.74. The Hall–Kier alpha value is -0.120. The van der Waals surface area contributed by atoms with Crippen molar-refractivity contribution in [3.63, 3.8) is 0 Å². The molecule has 0 amide bonds. The summed E-state index contributed by atoms with van der Waals surface area (Å²) in [5.74, 6) is 0.713. The van der Waals surface area contributed by atoms with E-state index in [1.807, 2.05) is 0 Å². The maximum atomic E-state index is 9.32. The van der Waals surface area contributed by atoms with Crippen LogP contribution >= 0.6 is 0 Å². The van der Waals surface area contributed by atoms with E-state index in [4.69, 9.17) is 4.74 Å². The number of aliphatic hydroxyl groups is 1. The van der Waals surface area contributed by atoms with Crippen LogP contribution in [0.15, 0.2) is 0 Å². The van der Waals surface area contributed by atoms with Gasteiger partial charge in [-0.15, -0.1) is 0 Å². The predicted molar refractivity (Wildman–Crippen MR) is 71.5 cm³/mol. The molecule has 2 unspecified atom stereocenters. The van der Waals surface area contributed by atoms with Gasteiger partial charge >= 0.3 is 0 Å². The molecule has 3 rings (SSSR count). The fraction of sp³-hybridized carbons (Fsp3) is 1.00. The molecular formula is C15H27NO2. The summed E-state index contributed by atoms with van der Waals surface area (Å²) in [6, 6.07) is 0.675. The van der Waals surface area contributed by atoms with Crippen molar-refractivity contribution in [2.75, 3.05) is 13.2 Å². The lowest BCUT2D eigenvalue weighted by molar-refractivity contribution is -0.132. The molecule has 0 aromatic carbocycles. The second-order valence-corrected chi connectivity index (χ2v) is 6.57. The normalized spacial score (nSPS) is 41.7. The van der Waals surface area contributed by atoms with Crippen LogP contribution in [0.4, 0.5) is 0 Å². The second kappa shape index (κ2) is 5.10. The third-order valence-electron chi connectivity index (χ3n) is 5.55. The molecule has 3 heteroatoms. The number of hydrogen-bond donors (Lipinski definition) is 2. The molecule has 1 spiro atoms. The largest absolute Gasteiger partial charge is 0.393 e. The minimum absolute atomic E-state index is 0.0187. The first-order valence-electron chi connectivity index (χ1n) is 7.77. The minimum atomic E-state index is -0.0187. The fourth-order valence-electron chi connectivity index (χ4n) is 4.35. The van der Waals surface area contributed by atoms with E-state index in [-0.39, 0.29) is 6.10 Å². The summed E-state index contributed by atoms with van der Waals surface area (Å²) in [5.41, 5.74) is 0.457. The maximum Gasteiger partial charge on any atom is 0.0661 e. The first-order valence-corrected chi connectivity index (χ1v) is 7.77. The lowest BCUT2D eigenvalue weighted by Gasteiger charge is -2.55. The number of aliphatic hydroxyl groups excluding tert-OH is 1. The van der Waals surface area contributed by atoms with Gasteiger partial charge in [0.1, 0.15) is 0 Å². The third-order valence-corrected chi connectivity index (χ3v) is 5.55.